The number of carbonyl (C=O) groups excluding carboxylic acids is 1. The number of nitrogens with zero attached hydrogens (tertiary/aromatic N) is 3. The second-order valence-electron chi connectivity index (χ2n) is 9.23. The minimum absolute atomic E-state index is 0.384. The van der Waals surface area contributed by atoms with Gasteiger partial charge in [-0.2, -0.15) is 0 Å². The highest BCUT2D eigenvalue weighted by atomic mass is 16.6. The Kier molecular flexibility index (Phi) is 11.5. The first-order valence-electron chi connectivity index (χ1n) is 11.6. The Balaban J connectivity index is 2.64. The first kappa shape index (κ1) is 26.5. The zero-order valence-corrected chi connectivity index (χ0v) is 20.4. The number of carbonyl (C=O) groups is 1. The van der Waals surface area contributed by atoms with Crippen LogP contribution in [0.15, 0.2) is 4.99 Å². The summed E-state index contributed by atoms with van der Waals surface area (Å²) in [4.78, 5) is 22.0. The summed E-state index contributed by atoms with van der Waals surface area (Å²) >= 11 is 0. The fourth-order valence-electron chi connectivity index (χ4n) is 3.44. The van der Waals surface area contributed by atoms with Gasteiger partial charge in [-0.05, 0) is 67.1 Å². The maximum absolute atomic E-state index is 12.3. The van der Waals surface area contributed by atoms with Gasteiger partial charge in [-0.25, -0.2) is 4.79 Å². The molecule has 30 heavy (non-hydrogen) atoms. The lowest BCUT2D eigenvalue weighted by Gasteiger charge is -2.32. The monoisotopic (exact) mass is 426 g/mol. The Labute approximate surface area is 184 Å². The van der Waals surface area contributed by atoms with E-state index in [-0.39, 0.29) is 6.09 Å². The molecule has 1 heterocycles. The van der Waals surface area contributed by atoms with Crippen LogP contribution in [0.3, 0.4) is 0 Å². The van der Waals surface area contributed by atoms with Crippen molar-refractivity contribution in [3.8, 4) is 0 Å². The number of guanidine groups is 1. The van der Waals surface area contributed by atoms with Gasteiger partial charge >= 0.3 is 6.09 Å². The van der Waals surface area contributed by atoms with Crippen LogP contribution in [-0.4, -0.2) is 92.4 Å². The first-order chi connectivity index (χ1) is 14.1. The molecule has 0 bridgehead atoms. The molecular formula is C22H46N6O2. The second-order valence-corrected chi connectivity index (χ2v) is 9.23. The number of rotatable bonds is 9. The summed E-state index contributed by atoms with van der Waals surface area (Å²) in [5.41, 5.74) is -0.931. The van der Waals surface area contributed by atoms with Crippen LogP contribution in [0.4, 0.5) is 4.79 Å². The van der Waals surface area contributed by atoms with Crippen LogP contribution in [0.1, 0.15) is 60.8 Å². The van der Waals surface area contributed by atoms with E-state index in [1.54, 1.807) is 0 Å². The molecule has 8 nitrogen and oxygen atoms in total. The minimum Gasteiger partial charge on any atom is -0.444 e. The van der Waals surface area contributed by atoms with Crippen LogP contribution in [0.25, 0.3) is 0 Å². The van der Waals surface area contributed by atoms with Crippen molar-refractivity contribution in [2.45, 2.75) is 71.9 Å². The number of aliphatic imine (C=N–C) groups is 1. The van der Waals surface area contributed by atoms with Gasteiger partial charge in [-0.3, -0.25) is 4.99 Å². The van der Waals surface area contributed by atoms with Crippen molar-refractivity contribution in [2.24, 2.45) is 4.99 Å². The van der Waals surface area contributed by atoms with E-state index in [2.05, 4.69) is 53.6 Å². The van der Waals surface area contributed by atoms with E-state index < -0.39 is 11.1 Å². The van der Waals surface area contributed by atoms with E-state index in [4.69, 9.17) is 9.73 Å². The molecule has 1 rings (SSSR count). The summed E-state index contributed by atoms with van der Waals surface area (Å²) in [5.74, 6) is 0.793. The van der Waals surface area contributed by atoms with Gasteiger partial charge in [0.1, 0.15) is 5.60 Å². The number of nitrogens with one attached hydrogen (secondary N) is 3. The zero-order valence-electron chi connectivity index (χ0n) is 20.4. The Bertz CT molecular complexity index is 528. The van der Waals surface area contributed by atoms with Crippen molar-refractivity contribution in [3.05, 3.63) is 0 Å². The van der Waals surface area contributed by atoms with Gasteiger partial charge in [0.05, 0.1) is 12.1 Å². The van der Waals surface area contributed by atoms with E-state index >= 15 is 0 Å². The molecule has 1 aliphatic heterocycles. The molecule has 1 fully saturated rings. The van der Waals surface area contributed by atoms with Gasteiger partial charge in [-0.15, -0.1) is 0 Å². The van der Waals surface area contributed by atoms with Gasteiger partial charge in [0.2, 0.25) is 0 Å². The topological polar surface area (TPSA) is 81.2 Å². The molecule has 0 aromatic rings. The lowest BCUT2D eigenvalue weighted by molar-refractivity contribution is 0.0452. The van der Waals surface area contributed by atoms with E-state index in [1.165, 1.54) is 13.0 Å². The van der Waals surface area contributed by atoms with Gasteiger partial charge in [0.15, 0.2) is 5.96 Å². The molecule has 0 aromatic carbocycles. The highest BCUT2D eigenvalue weighted by Crippen LogP contribution is 2.17. The SMILES string of the molecule is CCNC(=NCC(CC)(CC)NC(=O)OC(C)(C)C)NCCN1CCCN(C)CC1. The molecule has 0 unspecified atom stereocenters. The number of alkyl carbamates (subject to hydrolysis) is 1. The maximum atomic E-state index is 12.3. The quantitative estimate of drug-likeness (QED) is 0.388. The largest absolute Gasteiger partial charge is 0.444 e. The van der Waals surface area contributed by atoms with Crippen LogP contribution in [0.5, 0.6) is 0 Å². The number of likely N-dealkylation sites (N-methyl/N-ethyl adjacent to an activating group) is 1. The molecule has 1 aliphatic rings. The number of ether oxygens (including phenoxy) is 1. The molecule has 0 aliphatic carbocycles. The molecule has 8 heteroatoms. The molecule has 0 saturated carbocycles. The predicted octanol–water partition coefficient (Wildman–Crippen LogP) is 2.26. The highest BCUT2D eigenvalue weighted by molar-refractivity contribution is 5.79. The average Bonchev–Trinajstić information content (AvgIpc) is 2.87. The van der Waals surface area contributed by atoms with Crippen LogP contribution in [0, 0.1) is 0 Å². The van der Waals surface area contributed by atoms with Crippen molar-refractivity contribution in [2.75, 3.05) is 59.4 Å². The minimum atomic E-state index is -0.515. The van der Waals surface area contributed by atoms with Crippen molar-refractivity contribution >= 4 is 12.1 Å². The fourth-order valence-corrected chi connectivity index (χ4v) is 3.44. The smallest absolute Gasteiger partial charge is 0.408 e. The zero-order chi connectivity index (χ0) is 22.6. The summed E-state index contributed by atoms with van der Waals surface area (Å²) in [6.07, 6.45) is 2.40. The van der Waals surface area contributed by atoms with Crippen LogP contribution >= 0.6 is 0 Å². The van der Waals surface area contributed by atoms with E-state index in [0.717, 1.165) is 58.1 Å². The Morgan fingerprint density at radius 1 is 1.03 bits per heavy atom. The average molecular weight is 427 g/mol. The lowest BCUT2D eigenvalue weighted by atomic mass is 9.93. The van der Waals surface area contributed by atoms with Gasteiger partial charge in [0, 0.05) is 32.7 Å². The van der Waals surface area contributed by atoms with Crippen molar-refractivity contribution in [1.29, 1.82) is 0 Å². The van der Waals surface area contributed by atoms with Crippen molar-refractivity contribution in [1.82, 2.24) is 25.8 Å². The normalized spacial score (nSPS) is 17.4. The first-order valence-corrected chi connectivity index (χ1v) is 11.6. The summed E-state index contributed by atoms with van der Waals surface area (Å²) < 4.78 is 5.46. The summed E-state index contributed by atoms with van der Waals surface area (Å²) in [5, 5.41) is 9.84. The van der Waals surface area contributed by atoms with Crippen molar-refractivity contribution in [3.63, 3.8) is 0 Å². The second kappa shape index (κ2) is 13.0. The third kappa shape index (κ3) is 10.5. The molecule has 3 N–H and O–H groups in total. The Morgan fingerprint density at radius 2 is 1.73 bits per heavy atom. The molecule has 0 spiro atoms. The third-order valence-electron chi connectivity index (χ3n) is 5.54. The number of hydrogen-bond acceptors (Lipinski definition) is 5. The van der Waals surface area contributed by atoms with Gasteiger partial charge < -0.3 is 30.5 Å². The van der Waals surface area contributed by atoms with Crippen molar-refractivity contribution < 1.29 is 9.53 Å². The summed E-state index contributed by atoms with van der Waals surface area (Å²) in [6, 6.07) is 0. The Hall–Kier alpha value is -1.54. The molecule has 1 amide bonds. The standard InChI is InChI=1S/C22H46N6O2/c1-8-22(9-2,26-20(29)30-21(4,5)6)18-25-19(23-10-3)24-12-15-28-14-11-13-27(7)16-17-28/h8-18H2,1-7H3,(H,26,29)(H2,23,24,25). The lowest BCUT2D eigenvalue weighted by Crippen LogP contribution is -2.52. The van der Waals surface area contributed by atoms with Crippen LogP contribution in [-0.2, 0) is 4.74 Å². The van der Waals surface area contributed by atoms with Gasteiger partial charge in [-0.1, -0.05) is 13.8 Å². The predicted molar refractivity (Wildman–Crippen MR) is 125 cm³/mol. The molecule has 0 atom stereocenters. The summed E-state index contributed by atoms with van der Waals surface area (Å²) in [6.45, 7) is 19.5. The van der Waals surface area contributed by atoms with Gasteiger partial charge in [0.25, 0.3) is 0 Å². The molecule has 176 valence electrons. The third-order valence-corrected chi connectivity index (χ3v) is 5.54. The summed E-state index contributed by atoms with van der Waals surface area (Å²) in [7, 11) is 2.19. The maximum Gasteiger partial charge on any atom is 0.408 e. The molecule has 0 aromatic heterocycles. The number of hydrogen-bond donors (Lipinski definition) is 3. The molecular weight excluding hydrogens is 380 g/mol. The molecule has 0 radical (unpaired) electrons. The Morgan fingerprint density at radius 3 is 2.33 bits per heavy atom. The molecule has 1 saturated heterocycles. The number of amides is 1. The van der Waals surface area contributed by atoms with E-state index in [9.17, 15) is 4.79 Å². The van der Waals surface area contributed by atoms with E-state index in [1.807, 2.05) is 20.8 Å². The highest BCUT2D eigenvalue weighted by Gasteiger charge is 2.30. The van der Waals surface area contributed by atoms with Crippen LogP contribution in [0.2, 0.25) is 0 Å². The van der Waals surface area contributed by atoms with Crippen LogP contribution < -0.4 is 16.0 Å². The van der Waals surface area contributed by atoms with E-state index in [0.29, 0.717) is 6.54 Å². The fraction of sp³-hybridized carbons (Fsp3) is 0.909.